The lowest BCUT2D eigenvalue weighted by atomic mass is 9.82. The summed E-state index contributed by atoms with van der Waals surface area (Å²) in [7, 11) is 0. The fraction of sp³-hybridized carbons (Fsp3) is 0.217. The molecule has 29 heavy (non-hydrogen) atoms. The van der Waals surface area contributed by atoms with Gasteiger partial charge in [-0.15, -0.1) is 11.3 Å². The normalized spacial score (nSPS) is 22.2. The van der Waals surface area contributed by atoms with E-state index in [4.69, 9.17) is 4.98 Å². The quantitative estimate of drug-likeness (QED) is 0.429. The van der Waals surface area contributed by atoms with E-state index in [1.165, 1.54) is 12.1 Å². The van der Waals surface area contributed by atoms with Crippen molar-refractivity contribution in [3.8, 4) is 16.9 Å². The Bertz CT molecular complexity index is 1230. The van der Waals surface area contributed by atoms with Crippen molar-refractivity contribution in [2.24, 2.45) is 0 Å². The first-order chi connectivity index (χ1) is 14.2. The summed E-state index contributed by atoms with van der Waals surface area (Å²) in [6.45, 7) is 0. The maximum atomic E-state index is 14.4. The molecule has 1 fully saturated rings. The number of benzene rings is 2. The van der Waals surface area contributed by atoms with Crippen LogP contribution in [0.1, 0.15) is 41.4 Å². The Morgan fingerprint density at radius 3 is 2.79 bits per heavy atom. The third-order valence-electron chi connectivity index (χ3n) is 6.34. The van der Waals surface area contributed by atoms with E-state index >= 15 is 0 Å². The topological polar surface area (TPSA) is 30.7 Å². The van der Waals surface area contributed by atoms with Gasteiger partial charge in [0.15, 0.2) is 5.82 Å². The van der Waals surface area contributed by atoms with Crippen LogP contribution in [-0.4, -0.2) is 14.8 Å². The van der Waals surface area contributed by atoms with Crippen molar-refractivity contribution in [1.29, 1.82) is 0 Å². The number of rotatable bonds is 3. The first-order valence-corrected chi connectivity index (χ1v) is 10.6. The molecule has 2 aromatic heterocycles. The number of aromatic nitrogens is 3. The average Bonchev–Trinajstić information content (AvgIpc) is 3.49. The predicted molar refractivity (Wildman–Crippen MR) is 108 cm³/mol. The van der Waals surface area contributed by atoms with Gasteiger partial charge in [-0.2, -0.15) is 5.10 Å². The van der Waals surface area contributed by atoms with Crippen LogP contribution in [0, 0.1) is 11.6 Å². The zero-order chi connectivity index (χ0) is 19.6. The van der Waals surface area contributed by atoms with Gasteiger partial charge in [-0.05, 0) is 31.4 Å². The SMILES string of the molecule is Fc1ccc(-n2ncc3c2C2CCC3(c3nc(-c4ccccc4)cs3)C2)c(F)c1. The van der Waals surface area contributed by atoms with Crippen molar-refractivity contribution in [3.63, 3.8) is 0 Å². The molecule has 4 aromatic rings. The maximum absolute atomic E-state index is 14.4. The van der Waals surface area contributed by atoms with Crippen LogP contribution < -0.4 is 0 Å². The molecule has 144 valence electrons. The van der Waals surface area contributed by atoms with E-state index in [1.807, 2.05) is 24.4 Å². The maximum Gasteiger partial charge on any atom is 0.151 e. The van der Waals surface area contributed by atoms with Crippen LogP contribution in [0.15, 0.2) is 60.1 Å². The summed E-state index contributed by atoms with van der Waals surface area (Å²) < 4.78 is 29.5. The number of nitrogens with zero attached hydrogens (tertiary/aromatic N) is 3. The highest BCUT2D eigenvalue weighted by atomic mass is 32.1. The molecule has 0 saturated heterocycles. The van der Waals surface area contributed by atoms with Gasteiger partial charge in [-0.1, -0.05) is 30.3 Å². The van der Waals surface area contributed by atoms with Gasteiger partial charge in [0, 0.05) is 28.5 Å². The Morgan fingerprint density at radius 1 is 1.10 bits per heavy atom. The van der Waals surface area contributed by atoms with E-state index < -0.39 is 11.6 Å². The van der Waals surface area contributed by atoms with Gasteiger partial charge in [-0.3, -0.25) is 0 Å². The van der Waals surface area contributed by atoms with Crippen LogP contribution in [0.4, 0.5) is 8.78 Å². The molecule has 3 nitrogen and oxygen atoms in total. The van der Waals surface area contributed by atoms with E-state index in [0.717, 1.165) is 52.9 Å². The molecule has 0 radical (unpaired) electrons. The summed E-state index contributed by atoms with van der Waals surface area (Å²) in [5.41, 5.74) is 4.47. The molecule has 1 saturated carbocycles. The average molecular weight is 405 g/mol. The Labute approximate surface area is 170 Å². The van der Waals surface area contributed by atoms with Gasteiger partial charge >= 0.3 is 0 Å². The van der Waals surface area contributed by atoms with Crippen molar-refractivity contribution in [1.82, 2.24) is 14.8 Å². The molecule has 0 amide bonds. The number of thiazole rings is 1. The first kappa shape index (κ1) is 17.0. The number of hydrogen-bond donors (Lipinski definition) is 0. The van der Waals surface area contributed by atoms with Crippen molar-refractivity contribution in [3.05, 3.63) is 88.0 Å². The third-order valence-corrected chi connectivity index (χ3v) is 7.39. The van der Waals surface area contributed by atoms with Crippen molar-refractivity contribution in [2.45, 2.75) is 30.6 Å². The highest BCUT2D eigenvalue weighted by Gasteiger charge is 2.54. The van der Waals surface area contributed by atoms with Gasteiger partial charge in [-0.25, -0.2) is 18.4 Å². The van der Waals surface area contributed by atoms with Crippen LogP contribution in [0.25, 0.3) is 16.9 Å². The molecular weight excluding hydrogens is 388 g/mol. The number of hydrogen-bond acceptors (Lipinski definition) is 3. The molecule has 2 heterocycles. The molecule has 2 aromatic carbocycles. The second kappa shape index (κ2) is 6.07. The largest absolute Gasteiger partial charge is 0.240 e. The molecule has 6 heteroatoms. The van der Waals surface area contributed by atoms with Crippen LogP contribution in [0.2, 0.25) is 0 Å². The number of fused-ring (bicyclic) bond motifs is 5. The molecule has 0 spiro atoms. The van der Waals surface area contributed by atoms with Crippen LogP contribution >= 0.6 is 11.3 Å². The lowest BCUT2D eigenvalue weighted by Crippen LogP contribution is -2.22. The minimum atomic E-state index is -0.590. The lowest BCUT2D eigenvalue weighted by molar-refractivity contribution is 0.546. The molecule has 0 N–H and O–H groups in total. The van der Waals surface area contributed by atoms with Gasteiger partial charge in [0.25, 0.3) is 0 Å². The molecule has 6 rings (SSSR count). The third kappa shape index (κ3) is 2.38. The van der Waals surface area contributed by atoms with E-state index in [2.05, 4.69) is 22.6 Å². The fourth-order valence-corrected chi connectivity index (χ4v) is 6.12. The van der Waals surface area contributed by atoms with Gasteiger partial charge < -0.3 is 0 Å². The fourth-order valence-electron chi connectivity index (χ4n) is 5.03. The highest BCUT2D eigenvalue weighted by Crippen LogP contribution is 2.61. The summed E-state index contributed by atoms with van der Waals surface area (Å²) >= 11 is 1.69. The second-order valence-electron chi connectivity index (χ2n) is 7.88. The first-order valence-electron chi connectivity index (χ1n) is 9.71. The second-order valence-corrected chi connectivity index (χ2v) is 8.73. The summed E-state index contributed by atoms with van der Waals surface area (Å²) in [6, 6.07) is 13.9. The molecule has 2 bridgehead atoms. The molecule has 0 aliphatic heterocycles. The summed E-state index contributed by atoms with van der Waals surface area (Å²) in [6.07, 6.45) is 4.90. The molecule has 2 aliphatic rings. The minimum absolute atomic E-state index is 0.146. The Balaban J connectivity index is 1.45. The van der Waals surface area contributed by atoms with E-state index in [9.17, 15) is 8.78 Å². The minimum Gasteiger partial charge on any atom is -0.240 e. The molecule has 2 aliphatic carbocycles. The van der Waals surface area contributed by atoms with Crippen molar-refractivity contribution < 1.29 is 8.78 Å². The Kier molecular flexibility index (Phi) is 3.56. The summed E-state index contributed by atoms with van der Waals surface area (Å²) in [5.74, 6) is -0.848. The zero-order valence-corrected chi connectivity index (χ0v) is 16.3. The summed E-state index contributed by atoms with van der Waals surface area (Å²) in [5, 5.41) is 7.73. The van der Waals surface area contributed by atoms with Crippen LogP contribution in [-0.2, 0) is 5.41 Å². The molecule has 2 unspecified atom stereocenters. The lowest BCUT2D eigenvalue weighted by Gasteiger charge is -2.24. The zero-order valence-electron chi connectivity index (χ0n) is 15.5. The van der Waals surface area contributed by atoms with Crippen molar-refractivity contribution >= 4 is 11.3 Å². The van der Waals surface area contributed by atoms with Crippen LogP contribution in [0.5, 0.6) is 0 Å². The standard InChI is InChI=1S/C23H17F2N3S/c24-16-6-7-20(18(25)10-16)28-21-15-8-9-23(11-15,17(21)12-26-28)22-27-19(13-29-22)14-4-2-1-3-5-14/h1-7,10,12-13,15H,8-9,11H2. The predicted octanol–water partition coefficient (Wildman–Crippen LogP) is 5.84. The molecule has 2 atom stereocenters. The van der Waals surface area contributed by atoms with Gasteiger partial charge in [0.05, 0.1) is 23.0 Å². The summed E-state index contributed by atoms with van der Waals surface area (Å²) in [4.78, 5) is 5.00. The Hall–Kier alpha value is -2.86. The van der Waals surface area contributed by atoms with Gasteiger partial charge in [0.2, 0.25) is 0 Å². The van der Waals surface area contributed by atoms with Crippen LogP contribution in [0.3, 0.4) is 0 Å². The smallest absolute Gasteiger partial charge is 0.151 e. The highest BCUT2D eigenvalue weighted by molar-refractivity contribution is 7.10. The van der Waals surface area contributed by atoms with E-state index in [0.29, 0.717) is 11.6 Å². The van der Waals surface area contributed by atoms with E-state index in [-0.39, 0.29) is 5.41 Å². The number of halogens is 2. The monoisotopic (exact) mass is 405 g/mol. The molecular formula is C23H17F2N3S. The van der Waals surface area contributed by atoms with Gasteiger partial charge in [0.1, 0.15) is 16.5 Å². The van der Waals surface area contributed by atoms with Crippen molar-refractivity contribution in [2.75, 3.05) is 0 Å². The Morgan fingerprint density at radius 2 is 1.97 bits per heavy atom. The van der Waals surface area contributed by atoms with E-state index in [1.54, 1.807) is 16.0 Å².